The van der Waals surface area contributed by atoms with E-state index in [0.29, 0.717) is 13.0 Å². The zero-order valence-corrected chi connectivity index (χ0v) is 16.6. The molecular formula is C24H26N4O. The third-order valence-corrected chi connectivity index (χ3v) is 6.48. The van der Waals surface area contributed by atoms with E-state index in [2.05, 4.69) is 45.1 Å². The lowest BCUT2D eigenvalue weighted by Gasteiger charge is -2.48. The Labute approximate surface area is 171 Å². The first-order chi connectivity index (χ1) is 14.2. The molecular weight excluding hydrogens is 360 g/mol. The Balaban J connectivity index is 1.39. The standard InChI is InChI=1S/C24H26N4O/c29-22-6-11-24(18-28(22)16-19-7-12-25-13-8-19)10-3-15-27(17-24)23-21-5-2-1-4-20(21)9-14-26-23/h1-2,4-5,7-9,12-14H,3,6,10-11,15-18H2. The maximum atomic E-state index is 12.6. The average molecular weight is 386 g/mol. The molecule has 1 atom stereocenters. The molecule has 2 aromatic heterocycles. The molecule has 5 nitrogen and oxygen atoms in total. The quantitative estimate of drug-likeness (QED) is 0.682. The number of carbonyl (C=O) groups excluding carboxylic acids is 1. The van der Waals surface area contributed by atoms with Crippen molar-refractivity contribution in [3.05, 3.63) is 66.6 Å². The lowest BCUT2D eigenvalue weighted by atomic mass is 9.73. The average Bonchev–Trinajstić information content (AvgIpc) is 2.77. The van der Waals surface area contributed by atoms with Crippen molar-refractivity contribution in [3.8, 4) is 0 Å². The molecule has 0 saturated carbocycles. The molecule has 5 rings (SSSR count). The van der Waals surface area contributed by atoms with Crippen LogP contribution in [0, 0.1) is 5.41 Å². The maximum absolute atomic E-state index is 12.6. The second-order valence-electron chi connectivity index (χ2n) is 8.49. The third-order valence-electron chi connectivity index (χ3n) is 6.48. The van der Waals surface area contributed by atoms with Gasteiger partial charge in [0.1, 0.15) is 5.82 Å². The number of benzene rings is 1. The van der Waals surface area contributed by atoms with E-state index in [4.69, 9.17) is 4.98 Å². The Morgan fingerprint density at radius 2 is 1.83 bits per heavy atom. The first-order valence-corrected chi connectivity index (χ1v) is 10.5. The normalized spacial score (nSPS) is 22.4. The Bertz CT molecular complexity index is 1020. The van der Waals surface area contributed by atoms with Gasteiger partial charge in [-0.3, -0.25) is 9.78 Å². The summed E-state index contributed by atoms with van der Waals surface area (Å²) in [6.45, 7) is 3.50. The van der Waals surface area contributed by atoms with E-state index in [1.165, 1.54) is 17.2 Å². The highest BCUT2D eigenvalue weighted by Crippen LogP contribution is 2.41. The molecule has 2 aliphatic rings. The van der Waals surface area contributed by atoms with E-state index in [0.717, 1.165) is 43.9 Å². The number of aromatic nitrogens is 2. The van der Waals surface area contributed by atoms with Gasteiger partial charge in [-0.15, -0.1) is 0 Å². The SMILES string of the molecule is O=C1CCC2(CCCN(c3nccc4ccccc34)C2)CN1Cc1ccncc1. The van der Waals surface area contributed by atoms with Crippen LogP contribution >= 0.6 is 0 Å². The summed E-state index contributed by atoms with van der Waals surface area (Å²) in [6, 6.07) is 14.6. The van der Waals surface area contributed by atoms with Gasteiger partial charge in [-0.05, 0) is 48.4 Å². The van der Waals surface area contributed by atoms with Crippen molar-refractivity contribution in [2.75, 3.05) is 24.5 Å². The molecule has 0 bridgehead atoms. The number of fused-ring (bicyclic) bond motifs is 1. The van der Waals surface area contributed by atoms with Crippen LogP contribution in [0.15, 0.2) is 61.1 Å². The molecule has 1 unspecified atom stereocenters. The van der Waals surface area contributed by atoms with Crippen LogP contribution in [-0.4, -0.2) is 40.4 Å². The second kappa shape index (κ2) is 7.47. The minimum atomic E-state index is 0.151. The van der Waals surface area contributed by atoms with Crippen LogP contribution in [-0.2, 0) is 11.3 Å². The molecule has 148 valence electrons. The van der Waals surface area contributed by atoms with E-state index in [1.54, 1.807) is 12.4 Å². The number of likely N-dealkylation sites (tertiary alicyclic amines) is 1. The number of rotatable bonds is 3. The van der Waals surface area contributed by atoms with Crippen LogP contribution < -0.4 is 4.90 Å². The number of nitrogens with zero attached hydrogens (tertiary/aromatic N) is 4. The summed E-state index contributed by atoms with van der Waals surface area (Å²) in [5.74, 6) is 1.35. The summed E-state index contributed by atoms with van der Waals surface area (Å²) < 4.78 is 0. The number of amides is 1. The van der Waals surface area contributed by atoms with E-state index >= 15 is 0 Å². The van der Waals surface area contributed by atoms with Crippen molar-refractivity contribution in [1.29, 1.82) is 0 Å². The lowest BCUT2D eigenvalue weighted by Crippen LogP contribution is -2.54. The van der Waals surface area contributed by atoms with Gasteiger partial charge in [-0.2, -0.15) is 0 Å². The van der Waals surface area contributed by atoms with Crippen LogP contribution in [0.2, 0.25) is 0 Å². The van der Waals surface area contributed by atoms with Crippen molar-refractivity contribution >= 4 is 22.5 Å². The Hall–Kier alpha value is -2.95. The van der Waals surface area contributed by atoms with Gasteiger partial charge >= 0.3 is 0 Å². The first-order valence-electron chi connectivity index (χ1n) is 10.5. The van der Waals surface area contributed by atoms with E-state index in [1.807, 2.05) is 18.3 Å². The minimum absolute atomic E-state index is 0.151. The van der Waals surface area contributed by atoms with Gasteiger partial charge in [-0.1, -0.05) is 24.3 Å². The van der Waals surface area contributed by atoms with Crippen molar-refractivity contribution in [2.45, 2.75) is 32.2 Å². The summed E-state index contributed by atoms with van der Waals surface area (Å²) in [6.07, 6.45) is 9.44. The molecule has 1 amide bonds. The molecule has 29 heavy (non-hydrogen) atoms. The van der Waals surface area contributed by atoms with Crippen LogP contribution in [0.4, 0.5) is 5.82 Å². The molecule has 2 fully saturated rings. The molecule has 3 aromatic rings. The Morgan fingerprint density at radius 3 is 2.72 bits per heavy atom. The van der Waals surface area contributed by atoms with E-state index < -0.39 is 0 Å². The zero-order valence-electron chi connectivity index (χ0n) is 16.6. The number of carbonyl (C=O) groups is 1. The molecule has 0 aliphatic carbocycles. The predicted octanol–water partition coefficient (Wildman–Crippen LogP) is 4.04. The van der Waals surface area contributed by atoms with Gasteiger partial charge in [0.15, 0.2) is 0 Å². The monoisotopic (exact) mass is 386 g/mol. The molecule has 0 radical (unpaired) electrons. The van der Waals surface area contributed by atoms with Crippen molar-refractivity contribution in [1.82, 2.24) is 14.9 Å². The zero-order chi connectivity index (χ0) is 19.7. The molecule has 2 saturated heterocycles. The summed E-state index contributed by atoms with van der Waals surface area (Å²) in [5.41, 5.74) is 1.30. The molecule has 5 heteroatoms. The molecule has 4 heterocycles. The van der Waals surface area contributed by atoms with Gasteiger partial charge < -0.3 is 9.80 Å². The lowest BCUT2D eigenvalue weighted by molar-refractivity contribution is -0.138. The molecule has 1 aromatic carbocycles. The number of hydrogen-bond acceptors (Lipinski definition) is 4. The maximum Gasteiger partial charge on any atom is 0.222 e. The van der Waals surface area contributed by atoms with Crippen LogP contribution in [0.25, 0.3) is 10.8 Å². The van der Waals surface area contributed by atoms with Crippen molar-refractivity contribution < 1.29 is 4.79 Å². The second-order valence-corrected chi connectivity index (χ2v) is 8.49. The summed E-state index contributed by atoms with van der Waals surface area (Å²) in [7, 11) is 0. The van der Waals surface area contributed by atoms with Gasteiger partial charge in [-0.25, -0.2) is 4.98 Å². The van der Waals surface area contributed by atoms with Crippen molar-refractivity contribution in [2.24, 2.45) is 5.41 Å². The minimum Gasteiger partial charge on any atom is -0.355 e. The van der Waals surface area contributed by atoms with Gasteiger partial charge in [0, 0.05) is 62.0 Å². The molecule has 2 aliphatic heterocycles. The summed E-state index contributed by atoms with van der Waals surface area (Å²) in [4.78, 5) is 26.0. The third kappa shape index (κ3) is 3.57. The number of pyridine rings is 2. The van der Waals surface area contributed by atoms with Gasteiger partial charge in [0.2, 0.25) is 5.91 Å². The number of hydrogen-bond donors (Lipinski definition) is 0. The molecule has 0 N–H and O–H groups in total. The first kappa shape index (κ1) is 18.1. The van der Waals surface area contributed by atoms with Gasteiger partial charge in [0.05, 0.1) is 0 Å². The largest absolute Gasteiger partial charge is 0.355 e. The van der Waals surface area contributed by atoms with Gasteiger partial charge in [0.25, 0.3) is 0 Å². The Morgan fingerprint density at radius 1 is 0.966 bits per heavy atom. The fourth-order valence-electron chi connectivity index (χ4n) is 5.03. The van der Waals surface area contributed by atoms with Crippen LogP contribution in [0.5, 0.6) is 0 Å². The number of piperidine rings is 2. The van der Waals surface area contributed by atoms with Crippen LogP contribution in [0.3, 0.4) is 0 Å². The van der Waals surface area contributed by atoms with Crippen LogP contribution in [0.1, 0.15) is 31.2 Å². The highest BCUT2D eigenvalue weighted by atomic mass is 16.2. The van der Waals surface area contributed by atoms with E-state index in [9.17, 15) is 4.79 Å². The highest BCUT2D eigenvalue weighted by Gasteiger charge is 2.42. The smallest absolute Gasteiger partial charge is 0.222 e. The van der Waals surface area contributed by atoms with E-state index in [-0.39, 0.29) is 11.3 Å². The predicted molar refractivity (Wildman–Crippen MR) is 115 cm³/mol. The fraction of sp³-hybridized carbons (Fsp3) is 0.375. The summed E-state index contributed by atoms with van der Waals surface area (Å²) in [5, 5.41) is 2.45. The Kier molecular flexibility index (Phi) is 4.66. The number of anilines is 1. The van der Waals surface area contributed by atoms with Crippen molar-refractivity contribution in [3.63, 3.8) is 0 Å². The highest BCUT2D eigenvalue weighted by molar-refractivity contribution is 5.92. The molecule has 1 spiro atoms. The summed E-state index contributed by atoms with van der Waals surface area (Å²) >= 11 is 0. The topological polar surface area (TPSA) is 49.3 Å². The fourth-order valence-corrected chi connectivity index (χ4v) is 5.03.